The molecule has 4 nitrogen and oxygen atoms in total. The summed E-state index contributed by atoms with van der Waals surface area (Å²) in [5, 5.41) is 9.06. The Morgan fingerprint density at radius 2 is 1.71 bits per heavy atom. The standard InChI is InChI=1S/C13H19NO3/c1-3-8-14(9-4-2)12(15)10-6-5-7-11(10)13(16)17/h3-4,10-11H,1-2,5-9H2,(H,16,17)/t10-,11+/m1/s1. The minimum absolute atomic E-state index is 0.0882. The molecule has 94 valence electrons. The highest BCUT2D eigenvalue weighted by molar-refractivity contribution is 5.85. The lowest BCUT2D eigenvalue weighted by Crippen LogP contribution is -2.39. The van der Waals surface area contributed by atoms with Crippen LogP contribution >= 0.6 is 0 Å². The normalized spacial score (nSPS) is 23.1. The van der Waals surface area contributed by atoms with E-state index in [-0.39, 0.29) is 11.8 Å². The zero-order chi connectivity index (χ0) is 12.8. The van der Waals surface area contributed by atoms with Crippen molar-refractivity contribution in [3.8, 4) is 0 Å². The van der Waals surface area contributed by atoms with Gasteiger partial charge < -0.3 is 10.0 Å². The van der Waals surface area contributed by atoms with Gasteiger partial charge in [0.2, 0.25) is 5.91 Å². The molecule has 1 N–H and O–H groups in total. The van der Waals surface area contributed by atoms with Crippen molar-refractivity contribution in [3.63, 3.8) is 0 Å². The van der Waals surface area contributed by atoms with Crippen molar-refractivity contribution in [2.75, 3.05) is 13.1 Å². The van der Waals surface area contributed by atoms with Gasteiger partial charge in [-0.2, -0.15) is 0 Å². The highest BCUT2D eigenvalue weighted by atomic mass is 16.4. The Hall–Kier alpha value is -1.58. The number of carboxylic acid groups (broad SMARTS) is 1. The molecule has 0 bridgehead atoms. The molecule has 0 aromatic rings. The van der Waals surface area contributed by atoms with E-state index in [4.69, 9.17) is 5.11 Å². The summed E-state index contributed by atoms with van der Waals surface area (Å²) in [7, 11) is 0. The first-order chi connectivity index (χ1) is 8.11. The first-order valence-electron chi connectivity index (χ1n) is 5.85. The van der Waals surface area contributed by atoms with Crippen molar-refractivity contribution in [2.24, 2.45) is 11.8 Å². The predicted octanol–water partition coefficient (Wildman–Crippen LogP) is 1.69. The number of rotatable bonds is 6. The number of hydrogen-bond donors (Lipinski definition) is 1. The average molecular weight is 237 g/mol. The maximum atomic E-state index is 12.2. The van der Waals surface area contributed by atoms with Gasteiger partial charge in [0.15, 0.2) is 0 Å². The van der Waals surface area contributed by atoms with Crippen LogP contribution in [0.25, 0.3) is 0 Å². The van der Waals surface area contributed by atoms with E-state index >= 15 is 0 Å². The number of nitrogens with zero attached hydrogens (tertiary/aromatic N) is 1. The maximum absolute atomic E-state index is 12.2. The Labute approximate surface area is 102 Å². The van der Waals surface area contributed by atoms with E-state index in [2.05, 4.69) is 13.2 Å². The van der Waals surface area contributed by atoms with Gasteiger partial charge in [-0.1, -0.05) is 18.6 Å². The number of hydrogen-bond acceptors (Lipinski definition) is 2. The lowest BCUT2D eigenvalue weighted by atomic mass is 9.94. The van der Waals surface area contributed by atoms with E-state index in [9.17, 15) is 9.59 Å². The zero-order valence-corrected chi connectivity index (χ0v) is 9.97. The molecule has 0 unspecified atom stereocenters. The summed E-state index contributed by atoms with van der Waals surface area (Å²) < 4.78 is 0. The SMILES string of the molecule is C=CCN(CC=C)C(=O)[C@@H]1CCC[C@@H]1C(=O)O. The topological polar surface area (TPSA) is 57.6 Å². The second kappa shape index (κ2) is 6.23. The van der Waals surface area contributed by atoms with Crippen LogP contribution in [0, 0.1) is 11.8 Å². The minimum atomic E-state index is -0.863. The van der Waals surface area contributed by atoms with E-state index < -0.39 is 11.9 Å². The van der Waals surface area contributed by atoms with Crippen LogP contribution in [-0.4, -0.2) is 35.0 Å². The lowest BCUT2D eigenvalue weighted by molar-refractivity contribution is -0.148. The number of aliphatic carboxylic acids is 1. The van der Waals surface area contributed by atoms with Crippen molar-refractivity contribution in [3.05, 3.63) is 25.3 Å². The highest BCUT2D eigenvalue weighted by Gasteiger charge is 2.39. The molecule has 0 radical (unpaired) electrons. The van der Waals surface area contributed by atoms with Gasteiger partial charge in [-0.3, -0.25) is 9.59 Å². The molecule has 1 fully saturated rings. The van der Waals surface area contributed by atoms with Crippen LogP contribution in [0.5, 0.6) is 0 Å². The van der Waals surface area contributed by atoms with Gasteiger partial charge in [0.05, 0.1) is 11.8 Å². The molecule has 1 aliphatic carbocycles. The summed E-state index contributed by atoms with van der Waals surface area (Å²) in [6, 6.07) is 0. The fourth-order valence-electron chi connectivity index (χ4n) is 2.35. The predicted molar refractivity (Wildman–Crippen MR) is 65.4 cm³/mol. The largest absolute Gasteiger partial charge is 0.481 e. The zero-order valence-electron chi connectivity index (χ0n) is 9.97. The molecule has 0 aliphatic heterocycles. The molecule has 4 heteroatoms. The van der Waals surface area contributed by atoms with Gasteiger partial charge in [-0.15, -0.1) is 13.2 Å². The molecule has 1 aliphatic rings. The van der Waals surface area contributed by atoms with Crippen LogP contribution in [0.2, 0.25) is 0 Å². The van der Waals surface area contributed by atoms with Gasteiger partial charge in [0.25, 0.3) is 0 Å². The summed E-state index contributed by atoms with van der Waals surface area (Å²) in [5.41, 5.74) is 0. The van der Waals surface area contributed by atoms with Crippen molar-refractivity contribution < 1.29 is 14.7 Å². The van der Waals surface area contributed by atoms with Crippen molar-refractivity contribution in [2.45, 2.75) is 19.3 Å². The molecule has 0 spiro atoms. The Kier molecular flexibility index (Phi) is 4.94. The number of carboxylic acids is 1. The Morgan fingerprint density at radius 1 is 1.18 bits per heavy atom. The Balaban J connectivity index is 2.74. The first kappa shape index (κ1) is 13.5. The summed E-state index contributed by atoms with van der Waals surface area (Å²) in [4.78, 5) is 24.9. The van der Waals surface area contributed by atoms with E-state index in [0.717, 1.165) is 6.42 Å². The molecular formula is C13H19NO3. The Morgan fingerprint density at radius 3 is 2.18 bits per heavy atom. The van der Waals surface area contributed by atoms with E-state index in [1.165, 1.54) is 0 Å². The summed E-state index contributed by atoms with van der Waals surface area (Å²) in [6.07, 6.45) is 5.37. The number of carbonyl (C=O) groups is 2. The second-order valence-electron chi connectivity index (χ2n) is 4.30. The van der Waals surface area contributed by atoms with Crippen LogP contribution in [-0.2, 0) is 9.59 Å². The second-order valence-corrected chi connectivity index (χ2v) is 4.30. The molecule has 0 aromatic heterocycles. The van der Waals surface area contributed by atoms with Crippen LogP contribution in [0.4, 0.5) is 0 Å². The molecule has 2 atom stereocenters. The third kappa shape index (κ3) is 3.19. The van der Waals surface area contributed by atoms with E-state index in [1.807, 2.05) is 0 Å². The monoisotopic (exact) mass is 237 g/mol. The van der Waals surface area contributed by atoms with Crippen molar-refractivity contribution in [1.29, 1.82) is 0 Å². The van der Waals surface area contributed by atoms with Crippen LogP contribution in [0.1, 0.15) is 19.3 Å². The summed E-state index contributed by atoms with van der Waals surface area (Å²) in [5.74, 6) is -1.86. The minimum Gasteiger partial charge on any atom is -0.481 e. The maximum Gasteiger partial charge on any atom is 0.307 e. The average Bonchev–Trinajstić information content (AvgIpc) is 2.76. The third-order valence-electron chi connectivity index (χ3n) is 3.16. The molecule has 1 amide bonds. The smallest absolute Gasteiger partial charge is 0.307 e. The highest BCUT2D eigenvalue weighted by Crippen LogP contribution is 2.33. The Bertz CT molecular complexity index is 315. The van der Waals surface area contributed by atoms with Gasteiger partial charge in [-0.05, 0) is 12.8 Å². The fourth-order valence-corrected chi connectivity index (χ4v) is 2.35. The van der Waals surface area contributed by atoms with Crippen LogP contribution in [0.15, 0.2) is 25.3 Å². The van der Waals surface area contributed by atoms with Gasteiger partial charge in [-0.25, -0.2) is 0 Å². The van der Waals surface area contributed by atoms with Crippen molar-refractivity contribution in [1.82, 2.24) is 4.90 Å². The third-order valence-corrected chi connectivity index (χ3v) is 3.16. The van der Waals surface area contributed by atoms with Crippen LogP contribution < -0.4 is 0 Å². The van der Waals surface area contributed by atoms with Crippen LogP contribution in [0.3, 0.4) is 0 Å². The number of carbonyl (C=O) groups excluding carboxylic acids is 1. The van der Waals surface area contributed by atoms with Gasteiger partial charge in [0.1, 0.15) is 0 Å². The van der Waals surface area contributed by atoms with Gasteiger partial charge >= 0.3 is 5.97 Å². The van der Waals surface area contributed by atoms with E-state index in [1.54, 1.807) is 17.1 Å². The molecule has 0 saturated heterocycles. The van der Waals surface area contributed by atoms with E-state index in [0.29, 0.717) is 25.9 Å². The molecule has 0 aromatic carbocycles. The van der Waals surface area contributed by atoms with Crippen molar-refractivity contribution >= 4 is 11.9 Å². The molecular weight excluding hydrogens is 218 g/mol. The first-order valence-corrected chi connectivity index (χ1v) is 5.85. The summed E-state index contributed by atoms with van der Waals surface area (Å²) in [6.45, 7) is 8.08. The molecule has 0 heterocycles. The molecule has 1 saturated carbocycles. The molecule has 17 heavy (non-hydrogen) atoms. The van der Waals surface area contributed by atoms with Gasteiger partial charge in [0, 0.05) is 13.1 Å². The number of amides is 1. The quantitative estimate of drug-likeness (QED) is 0.715. The summed E-state index contributed by atoms with van der Waals surface area (Å²) >= 11 is 0. The molecule has 1 rings (SSSR count). The fraction of sp³-hybridized carbons (Fsp3) is 0.538. The lowest BCUT2D eigenvalue weighted by Gasteiger charge is -2.25.